The highest BCUT2D eigenvalue weighted by molar-refractivity contribution is 5.79. The molecule has 7 nitrogen and oxygen atoms in total. The molecule has 0 fully saturated rings. The molecule has 0 heterocycles. The number of rotatable bonds is 13. The van der Waals surface area contributed by atoms with Crippen molar-refractivity contribution < 1.29 is 24.2 Å². The molecule has 3 rings (SSSR count). The van der Waals surface area contributed by atoms with E-state index in [4.69, 9.17) is 9.84 Å². The Morgan fingerprint density at radius 2 is 1.63 bits per heavy atom. The van der Waals surface area contributed by atoms with E-state index >= 15 is 0 Å². The Kier molecular flexibility index (Phi) is 9.70. The van der Waals surface area contributed by atoms with Gasteiger partial charge >= 0.3 is 12.1 Å². The third kappa shape index (κ3) is 7.57. The summed E-state index contributed by atoms with van der Waals surface area (Å²) < 4.78 is 5.56. The number of hydrogen-bond acceptors (Lipinski definition) is 4. The zero-order valence-corrected chi connectivity index (χ0v) is 20.6. The number of fused-ring (bicyclic) bond motifs is 3. The van der Waals surface area contributed by atoms with Crippen LogP contribution in [0.1, 0.15) is 69.4 Å². The van der Waals surface area contributed by atoms with Gasteiger partial charge in [0, 0.05) is 24.9 Å². The minimum Gasteiger partial charge on any atom is -0.481 e. The quantitative estimate of drug-likeness (QED) is 0.370. The van der Waals surface area contributed by atoms with Crippen LogP contribution in [0.3, 0.4) is 0 Å². The summed E-state index contributed by atoms with van der Waals surface area (Å²) in [5.41, 5.74) is 4.70. The molecule has 7 heteroatoms. The first-order valence-corrected chi connectivity index (χ1v) is 12.5. The number of ether oxygens (including phenoxy) is 1. The minimum atomic E-state index is -0.910. The van der Waals surface area contributed by atoms with Crippen molar-refractivity contribution in [1.82, 2.24) is 10.6 Å². The number of carbonyl (C=O) groups excluding carboxylic acids is 2. The van der Waals surface area contributed by atoms with Crippen LogP contribution in [0.5, 0.6) is 0 Å². The summed E-state index contributed by atoms with van der Waals surface area (Å²) in [6.45, 7) is 4.66. The van der Waals surface area contributed by atoms with Gasteiger partial charge in [0.1, 0.15) is 6.61 Å². The molecule has 2 aromatic rings. The van der Waals surface area contributed by atoms with Crippen molar-refractivity contribution in [2.24, 2.45) is 5.92 Å². The van der Waals surface area contributed by atoms with Crippen molar-refractivity contribution >= 4 is 18.0 Å². The first-order valence-electron chi connectivity index (χ1n) is 12.5. The minimum absolute atomic E-state index is 0.0146. The van der Waals surface area contributed by atoms with Crippen LogP contribution in [-0.4, -0.2) is 42.3 Å². The normalized spacial score (nSPS) is 13.9. The number of aliphatic carboxylic acids is 1. The molecule has 3 N–H and O–H groups in total. The van der Waals surface area contributed by atoms with Gasteiger partial charge in [0.15, 0.2) is 0 Å². The van der Waals surface area contributed by atoms with E-state index in [2.05, 4.69) is 34.9 Å². The van der Waals surface area contributed by atoms with Crippen molar-refractivity contribution in [2.45, 2.75) is 64.3 Å². The predicted molar refractivity (Wildman–Crippen MR) is 135 cm³/mol. The Balaban J connectivity index is 1.40. The number of hydrogen-bond donors (Lipinski definition) is 3. The molecule has 0 bridgehead atoms. The fourth-order valence-corrected chi connectivity index (χ4v) is 4.57. The zero-order valence-electron chi connectivity index (χ0n) is 20.6. The number of amides is 2. The van der Waals surface area contributed by atoms with Gasteiger partial charge in [-0.15, -0.1) is 0 Å². The second-order valence-electron chi connectivity index (χ2n) is 9.35. The molecule has 0 aliphatic heterocycles. The van der Waals surface area contributed by atoms with E-state index in [1.165, 1.54) is 22.3 Å². The third-order valence-corrected chi connectivity index (χ3v) is 6.50. The van der Waals surface area contributed by atoms with Crippen LogP contribution in [0.4, 0.5) is 4.79 Å². The lowest BCUT2D eigenvalue weighted by molar-refractivity contribution is -0.137. The lowest BCUT2D eigenvalue weighted by Gasteiger charge is -2.18. The molecule has 2 amide bonds. The maximum absolute atomic E-state index is 12.3. The zero-order chi connectivity index (χ0) is 25.2. The van der Waals surface area contributed by atoms with E-state index in [0.29, 0.717) is 19.4 Å². The number of nitrogens with one attached hydrogen (secondary N) is 2. The van der Waals surface area contributed by atoms with Crippen molar-refractivity contribution in [3.8, 4) is 11.1 Å². The smallest absolute Gasteiger partial charge is 0.407 e. The first kappa shape index (κ1) is 26.3. The molecule has 0 spiro atoms. The molecule has 1 aliphatic rings. The lowest BCUT2D eigenvalue weighted by Crippen LogP contribution is -2.37. The number of alkyl carbamates (subject to hydrolysis) is 1. The van der Waals surface area contributed by atoms with E-state index in [1.807, 2.05) is 38.1 Å². The highest BCUT2D eigenvalue weighted by atomic mass is 16.5. The lowest BCUT2D eigenvalue weighted by atomic mass is 9.98. The van der Waals surface area contributed by atoms with Gasteiger partial charge in [-0.3, -0.25) is 9.59 Å². The van der Waals surface area contributed by atoms with Crippen molar-refractivity contribution in [1.29, 1.82) is 0 Å². The Bertz CT molecular complexity index is 976. The Morgan fingerprint density at radius 3 is 2.23 bits per heavy atom. The molecule has 0 saturated heterocycles. The summed E-state index contributed by atoms with van der Waals surface area (Å²) in [6, 6.07) is 16.1. The van der Waals surface area contributed by atoms with Crippen LogP contribution in [0.2, 0.25) is 0 Å². The SMILES string of the molecule is CCCC[C@H](CC(=O)O)NC(=O)CCC(C)CNC(=O)OCC1c2ccccc2-c2ccccc21. The molecule has 0 saturated carbocycles. The van der Waals surface area contributed by atoms with Gasteiger partial charge in [-0.05, 0) is 41.0 Å². The van der Waals surface area contributed by atoms with Gasteiger partial charge in [0.25, 0.3) is 0 Å². The van der Waals surface area contributed by atoms with Crippen LogP contribution in [0.25, 0.3) is 11.1 Å². The van der Waals surface area contributed by atoms with Crippen LogP contribution >= 0.6 is 0 Å². The second-order valence-corrected chi connectivity index (χ2v) is 9.35. The maximum Gasteiger partial charge on any atom is 0.407 e. The number of unbranched alkanes of at least 4 members (excludes halogenated alkanes) is 1. The number of carbonyl (C=O) groups is 3. The molecule has 35 heavy (non-hydrogen) atoms. The standard InChI is InChI=1S/C28H36N2O5/c1-3-4-9-20(16-27(32)33)30-26(31)15-14-19(2)17-29-28(34)35-18-25-23-12-7-5-10-21(23)22-11-6-8-13-24(22)25/h5-8,10-13,19-20,25H,3-4,9,14-18H2,1-2H3,(H,29,34)(H,30,31)(H,32,33)/t19?,20-/m1/s1. The van der Waals surface area contributed by atoms with Gasteiger partial charge in [-0.2, -0.15) is 0 Å². The highest BCUT2D eigenvalue weighted by Gasteiger charge is 2.29. The van der Waals surface area contributed by atoms with Crippen LogP contribution in [0, 0.1) is 5.92 Å². The van der Waals surface area contributed by atoms with Gasteiger partial charge in [-0.1, -0.05) is 75.2 Å². The molecule has 0 radical (unpaired) electrons. The van der Waals surface area contributed by atoms with Gasteiger partial charge in [0.2, 0.25) is 5.91 Å². The van der Waals surface area contributed by atoms with Crippen molar-refractivity contribution in [2.75, 3.05) is 13.2 Å². The van der Waals surface area contributed by atoms with Crippen LogP contribution in [-0.2, 0) is 14.3 Å². The molecular formula is C28H36N2O5. The van der Waals surface area contributed by atoms with E-state index in [1.54, 1.807) is 0 Å². The Labute approximate surface area is 207 Å². The molecule has 188 valence electrons. The van der Waals surface area contributed by atoms with Crippen LogP contribution < -0.4 is 10.6 Å². The molecule has 2 atom stereocenters. The molecule has 1 aliphatic carbocycles. The van der Waals surface area contributed by atoms with Gasteiger partial charge in [-0.25, -0.2) is 4.79 Å². The summed E-state index contributed by atoms with van der Waals surface area (Å²) in [4.78, 5) is 35.6. The largest absolute Gasteiger partial charge is 0.481 e. The average molecular weight is 481 g/mol. The fourth-order valence-electron chi connectivity index (χ4n) is 4.57. The number of carboxylic acid groups (broad SMARTS) is 1. The monoisotopic (exact) mass is 480 g/mol. The van der Waals surface area contributed by atoms with E-state index in [0.717, 1.165) is 12.8 Å². The van der Waals surface area contributed by atoms with Gasteiger partial charge in [0.05, 0.1) is 6.42 Å². The Hall–Kier alpha value is -3.35. The fraction of sp³-hybridized carbons (Fsp3) is 0.464. The summed E-state index contributed by atoms with van der Waals surface area (Å²) >= 11 is 0. The van der Waals surface area contributed by atoms with Crippen molar-refractivity contribution in [3.05, 3.63) is 59.7 Å². The van der Waals surface area contributed by atoms with Gasteiger partial charge < -0.3 is 20.5 Å². The molecule has 1 unspecified atom stereocenters. The molecule has 2 aromatic carbocycles. The molecule has 0 aromatic heterocycles. The van der Waals surface area contributed by atoms with E-state index in [-0.39, 0.29) is 43.2 Å². The summed E-state index contributed by atoms with van der Waals surface area (Å²) in [6.07, 6.45) is 2.82. The predicted octanol–water partition coefficient (Wildman–Crippen LogP) is 5.09. The second kappa shape index (κ2) is 12.9. The highest BCUT2D eigenvalue weighted by Crippen LogP contribution is 2.44. The summed E-state index contributed by atoms with van der Waals surface area (Å²) in [5.74, 6) is -0.970. The molecular weight excluding hydrogens is 444 g/mol. The van der Waals surface area contributed by atoms with Crippen molar-refractivity contribution in [3.63, 3.8) is 0 Å². The Morgan fingerprint density at radius 1 is 1.00 bits per heavy atom. The van der Waals surface area contributed by atoms with E-state index in [9.17, 15) is 14.4 Å². The van der Waals surface area contributed by atoms with Crippen LogP contribution in [0.15, 0.2) is 48.5 Å². The summed E-state index contributed by atoms with van der Waals surface area (Å²) in [7, 11) is 0. The van der Waals surface area contributed by atoms with E-state index < -0.39 is 12.1 Å². The summed E-state index contributed by atoms with van der Waals surface area (Å²) in [5, 5.41) is 14.7. The number of carboxylic acids is 1. The topological polar surface area (TPSA) is 105 Å². The first-order chi connectivity index (χ1) is 16.9. The number of benzene rings is 2. The average Bonchev–Trinajstić information content (AvgIpc) is 3.17. The maximum atomic E-state index is 12.3. The third-order valence-electron chi connectivity index (χ3n) is 6.50.